The molecule has 2 heterocycles. The largest absolute Gasteiger partial charge is 0.363 e. The first kappa shape index (κ1) is 17.2. The Hall–Kier alpha value is -2.22. The lowest BCUT2D eigenvalue weighted by Crippen LogP contribution is -2.46. The molecule has 2 aromatic carbocycles. The number of nitrogens with zero attached hydrogens (tertiary/aromatic N) is 4. The first-order valence-corrected chi connectivity index (χ1v) is 9.55. The molecule has 8 heteroatoms. The Balaban J connectivity index is 1.43. The molecule has 1 fully saturated rings. The van der Waals surface area contributed by atoms with E-state index in [1.54, 1.807) is 23.5 Å². The zero-order chi connectivity index (χ0) is 18.1. The van der Waals surface area contributed by atoms with Gasteiger partial charge in [0.25, 0.3) is 5.69 Å². The molecule has 1 aliphatic rings. The molecule has 4 rings (SSSR count). The van der Waals surface area contributed by atoms with Gasteiger partial charge in [-0.3, -0.25) is 15.0 Å². The third-order valence-corrected chi connectivity index (χ3v) is 5.80. The van der Waals surface area contributed by atoms with Crippen molar-refractivity contribution in [3.63, 3.8) is 0 Å². The summed E-state index contributed by atoms with van der Waals surface area (Å²) in [6.45, 7) is 3.99. The fraction of sp³-hybridized carbons (Fsp3) is 0.278. The summed E-state index contributed by atoms with van der Waals surface area (Å²) < 4.78 is 1.21. The van der Waals surface area contributed by atoms with Gasteiger partial charge < -0.3 is 4.90 Å². The highest BCUT2D eigenvalue weighted by atomic mass is 35.5. The molecule has 0 bridgehead atoms. The van der Waals surface area contributed by atoms with Crippen LogP contribution in [0.4, 0.5) is 11.4 Å². The zero-order valence-corrected chi connectivity index (χ0v) is 15.5. The van der Waals surface area contributed by atoms with Gasteiger partial charge in [-0.2, -0.15) is 0 Å². The predicted octanol–water partition coefficient (Wildman–Crippen LogP) is 4.18. The number of halogens is 1. The van der Waals surface area contributed by atoms with E-state index in [9.17, 15) is 10.1 Å². The number of thiazole rings is 1. The average molecular weight is 389 g/mol. The van der Waals surface area contributed by atoms with E-state index in [1.165, 1.54) is 10.8 Å². The van der Waals surface area contributed by atoms with Crippen molar-refractivity contribution in [2.24, 2.45) is 0 Å². The second-order valence-electron chi connectivity index (χ2n) is 6.23. The number of rotatable bonds is 4. The summed E-state index contributed by atoms with van der Waals surface area (Å²) >= 11 is 7.64. The number of hydrogen-bond donors (Lipinski definition) is 0. The predicted molar refractivity (Wildman–Crippen MR) is 105 cm³/mol. The summed E-state index contributed by atoms with van der Waals surface area (Å²) in [5.41, 5.74) is 1.75. The Morgan fingerprint density at radius 2 is 1.92 bits per heavy atom. The van der Waals surface area contributed by atoms with Gasteiger partial charge in [-0.25, -0.2) is 4.98 Å². The molecule has 0 saturated carbocycles. The van der Waals surface area contributed by atoms with E-state index < -0.39 is 0 Å². The number of hydrogen-bond acceptors (Lipinski definition) is 6. The number of fused-ring (bicyclic) bond motifs is 1. The first-order valence-electron chi connectivity index (χ1n) is 8.36. The maximum absolute atomic E-state index is 11.3. The normalized spacial score (nSPS) is 15.5. The fourth-order valence-corrected chi connectivity index (χ4v) is 4.41. The maximum atomic E-state index is 11.3. The van der Waals surface area contributed by atoms with Crippen LogP contribution >= 0.6 is 22.9 Å². The summed E-state index contributed by atoms with van der Waals surface area (Å²) in [5.74, 6) is 0. The monoisotopic (exact) mass is 388 g/mol. The minimum atomic E-state index is -0.366. The Bertz CT molecular complexity index is 920. The van der Waals surface area contributed by atoms with Crippen LogP contribution in [0.2, 0.25) is 5.02 Å². The molecule has 6 nitrogen and oxygen atoms in total. The molecule has 1 saturated heterocycles. The molecule has 0 radical (unpaired) electrons. The molecule has 0 spiro atoms. The van der Waals surface area contributed by atoms with Gasteiger partial charge >= 0.3 is 0 Å². The van der Waals surface area contributed by atoms with Crippen LogP contribution in [0.25, 0.3) is 10.2 Å². The molecule has 0 aliphatic carbocycles. The fourth-order valence-electron chi connectivity index (χ4n) is 3.24. The quantitative estimate of drug-likeness (QED) is 0.495. The minimum absolute atomic E-state index is 0.0668. The van der Waals surface area contributed by atoms with Gasteiger partial charge in [0.2, 0.25) is 0 Å². The first-order chi connectivity index (χ1) is 12.6. The summed E-state index contributed by atoms with van der Waals surface area (Å²) in [6.07, 6.45) is 0. The van der Waals surface area contributed by atoms with Crippen molar-refractivity contribution in [1.82, 2.24) is 9.88 Å². The van der Waals surface area contributed by atoms with Gasteiger partial charge in [0.1, 0.15) is 10.7 Å². The van der Waals surface area contributed by atoms with E-state index in [0.29, 0.717) is 10.7 Å². The van der Waals surface area contributed by atoms with Crippen LogP contribution in [0.5, 0.6) is 0 Å². The molecule has 0 N–H and O–H groups in total. The van der Waals surface area contributed by atoms with Crippen LogP contribution in [0.15, 0.2) is 42.5 Å². The van der Waals surface area contributed by atoms with Gasteiger partial charge in [-0.15, -0.1) is 11.3 Å². The van der Waals surface area contributed by atoms with Crippen LogP contribution in [-0.4, -0.2) is 41.0 Å². The second kappa shape index (κ2) is 7.19. The molecule has 0 amide bonds. The van der Waals surface area contributed by atoms with E-state index in [1.807, 2.05) is 18.2 Å². The summed E-state index contributed by atoms with van der Waals surface area (Å²) in [4.78, 5) is 20.0. The molecular formula is C18H17ClN4O2S. The number of piperazine rings is 1. The summed E-state index contributed by atoms with van der Waals surface area (Å²) in [7, 11) is 0. The lowest BCUT2D eigenvalue weighted by Gasteiger charge is -2.35. The van der Waals surface area contributed by atoms with Crippen LogP contribution < -0.4 is 4.90 Å². The average Bonchev–Trinajstić information content (AvgIpc) is 3.04. The molecular weight excluding hydrogens is 372 g/mol. The lowest BCUT2D eigenvalue weighted by molar-refractivity contribution is -0.384. The van der Waals surface area contributed by atoms with E-state index in [-0.39, 0.29) is 10.6 Å². The Kier molecular flexibility index (Phi) is 4.76. The highest BCUT2D eigenvalue weighted by Crippen LogP contribution is 2.32. The molecule has 0 unspecified atom stereocenters. The Morgan fingerprint density at radius 1 is 1.15 bits per heavy atom. The number of aromatic nitrogens is 1. The molecule has 3 aromatic rings. The maximum Gasteiger partial charge on any atom is 0.294 e. The lowest BCUT2D eigenvalue weighted by atomic mass is 10.2. The number of nitro benzene ring substituents is 1. The number of anilines is 1. The molecule has 26 heavy (non-hydrogen) atoms. The van der Waals surface area contributed by atoms with Gasteiger partial charge in [-0.05, 0) is 24.3 Å². The van der Waals surface area contributed by atoms with Crippen LogP contribution in [-0.2, 0) is 6.54 Å². The minimum Gasteiger partial charge on any atom is -0.363 e. The van der Waals surface area contributed by atoms with Crippen molar-refractivity contribution in [2.45, 2.75) is 6.54 Å². The summed E-state index contributed by atoms with van der Waals surface area (Å²) in [5, 5.41) is 12.8. The van der Waals surface area contributed by atoms with Crippen LogP contribution in [0.1, 0.15) is 5.01 Å². The molecule has 0 atom stereocenters. The van der Waals surface area contributed by atoms with Crippen molar-refractivity contribution in [1.29, 1.82) is 0 Å². The van der Waals surface area contributed by atoms with Crippen LogP contribution in [0, 0.1) is 10.1 Å². The Labute approximate surface area is 159 Å². The van der Waals surface area contributed by atoms with Crippen molar-refractivity contribution in [3.05, 3.63) is 62.6 Å². The second-order valence-corrected chi connectivity index (χ2v) is 7.78. The van der Waals surface area contributed by atoms with Gasteiger partial charge in [0.15, 0.2) is 0 Å². The van der Waals surface area contributed by atoms with E-state index in [2.05, 4.69) is 15.9 Å². The van der Waals surface area contributed by atoms with E-state index in [0.717, 1.165) is 43.2 Å². The summed E-state index contributed by atoms with van der Waals surface area (Å²) in [6, 6.07) is 13.0. The third kappa shape index (κ3) is 3.51. The molecule has 1 aromatic heterocycles. The highest BCUT2D eigenvalue weighted by Gasteiger charge is 2.24. The number of para-hydroxylation sites is 1. The van der Waals surface area contributed by atoms with Crippen molar-refractivity contribution in [2.75, 3.05) is 31.1 Å². The van der Waals surface area contributed by atoms with Gasteiger partial charge in [0, 0.05) is 37.3 Å². The van der Waals surface area contributed by atoms with E-state index >= 15 is 0 Å². The van der Waals surface area contributed by atoms with Gasteiger partial charge in [-0.1, -0.05) is 23.7 Å². The SMILES string of the molecule is O=[N+]([O-])c1cc(Cl)ccc1N1CCN(Cc2nc3ccccc3s2)CC1. The number of benzene rings is 2. The van der Waals surface area contributed by atoms with Crippen molar-refractivity contribution < 1.29 is 4.92 Å². The molecule has 1 aliphatic heterocycles. The Morgan fingerprint density at radius 3 is 2.65 bits per heavy atom. The van der Waals surface area contributed by atoms with Crippen molar-refractivity contribution in [3.8, 4) is 0 Å². The van der Waals surface area contributed by atoms with Crippen LogP contribution in [0.3, 0.4) is 0 Å². The smallest absolute Gasteiger partial charge is 0.294 e. The number of nitro groups is 1. The van der Waals surface area contributed by atoms with E-state index in [4.69, 9.17) is 16.6 Å². The third-order valence-electron chi connectivity index (χ3n) is 4.54. The molecule has 134 valence electrons. The zero-order valence-electron chi connectivity index (χ0n) is 14.0. The topological polar surface area (TPSA) is 62.5 Å². The van der Waals surface area contributed by atoms with Crippen molar-refractivity contribution >= 4 is 44.5 Å². The standard InChI is InChI=1S/C18H17ClN4O2S/c19-13-5-6-15(16(11-13)23(24)25)22-9-7-21(8-10-22)12-18-20-14-3-1-2-4-17(14)26-18/h1-6,11H,7-10,12H2. The van der Waals surface area contributed by atoms with Gasteiger partial charge in [0.05, 0.1) is 21.7 Å². The highest BCUT2D eigenvalue weighted by molar-refractivity contribution is 7.18.